The lowest BCUT2D eigenvalue weighted by atomic mass is 10.1. The van der Waals surface area contributed by atoms with Gasteiger partial charge in [-0.15, -0.1) is 0 Å². The number of benzene rings is 2. The van der Waals surface area contributed by atoms with Crippen LogP contribution in [0.3, 0.4) is 0 Å². The predicted molar refractivity (Wildman–Crippen MR) is 86.8 cm³/mol. The van der Waals surface area contributed by atoms with Gasteiger partial charge in [0.1, 0.15) is 5.84 Å². The lowest BCUT2D eigenvalue weighted by Crippen LogP contribution is -2.18. The highest BCUT2D eigenvalue weighted by Gasteiger charge is 2.05. The molecule has 2 aromatic carbocycles. The smallest absolute Gasteiger partial charge is 0.122 e. The molecule has 3 nitrogen and oxygen atoms in total. The first-order valence-corrected chi connectivity index (χ1v) is 7.21. The number of amidine groups is 1. The summed E-state index contributed by atoms with van der Waals surface area (Å²) in [6.07, 6.45) is 0. The molecule has 0 aliphatic carbocycles. The van der Waals surface area contributed by atoms with Gasteiger partial charge in [0, 0.05) is 23.1 Å². The van der Waals surface area contributed by atoms with Crippen molar-refractivity contribution in [2.45, 2.75) is 13.1 Å². The summed E-state index contributed by atoms with van der Waals surface area (Å²) in [5.74, 6) is 0.111. The molecule has 0 aliphatic heterocycles. The van der Waals surface area contributed by atoms with Crippen LogP contribution >= 0.6 is 15.9 Å². The van der Waals surface area contributed by atoms with E-state index in [1.807, 2.05) is 30.3 Å². The standard InChI is InChI=1S/C16H18BrN3/c1-20(11-14-6-2-3-8-15(14)17)10-12-5-4-7-13(9-12)16(18)19/h2-9H,10-11H2,1H3,(H3,18,19). The highest BCUT2D eigenvalue weighted by atomic mass is 79.9. The average Bonchev–Trinajstić information content (AvgIpc) is 2.41. The van der Waals surface area contributed by atoms with Gasteiger partial charge >= 0.3 is 0 Å². The second-order valence-corrected chi connectivity index (χ2v) is 5.73. The molecule has 0 heterocycles. The second-order valence-electron chi connectivity index (χ2n) is 4.88. The molecule has 0 fully saturated rings. The summed E-state index contributed by atoms with van der Waals surface area (Å²) >= 11 is 3.57. The summed E-state index contributed by atoms with van der Waals surface area (Å²) in [7, 11) is 2.08. The Balaban J connectivity index is 2.05. The Kier molecular flexibility index (Phi) is 4.93. The van der Waals surface area contributed by atoms with E-state index in [0.29, 0.717) is 0 Å². The van der Waals surface area contributed by atoms with E-state index in [9.17, 15) is 0 Å². The third-order valence-corrected chi connectivity index (χ3v) is 3.86. The van der Waals surface area contributed by atoms with E-state index in [4.69, 9.17) is 11.1 Å². The fourth-order valence-electron chi connectivity index (χ4n) is 2.12. The number of nitrogens with two attached hydrogens (primary N) is 1. The Labute approximate surface area is 128 Å². The number of rotatable bonds is 5. The molecule has 0 unspecified atom stereocenters. The maximum absolute atomic E-state index is 7.48. The van der Waals surface area contributed by atoms with Crippen LogP contribution in [0.1, 0.15) is 16.7 Å². The number of hydrogen-bond donors (Lipinski definition) is 2. The van der Waals surface area contributed by atoms with Gasteiger partial charge in [0.2, 0.25) is 0 Å². The van der Waals surface area contributed by atoms with Crippen molar-refractivity contribution < 1.29 is 0 Å². The largest absolute Gasteiger partial charge is 0.384 e. The van der Waals surface area contributed by atoms with E-state index in [1.54, 1.807) is 0 Å². The van der Waals surface area contributed by atoms with Crippen LogP contribution in [-0.2, 0) is 13.1 Å². The molecule has 3 N–H and O–H groups in total. The normalized spacial score (nSPS) is 10.8. The van der Waals surface area contributed by atoms with Crippen molar-refractivity contribution in [3.8, 4) is 0 Å². The zero-order chi connectivity index (χ0) is 14.5. The van der Waals surface area contributed by atoms with Gasteiger partial charge in [-0.2, -0.15) is 0 Å². The van der Waals surface area contributed by atoms with Crippen molar-refractivity contribution in [1.29, 1.82) is 5.41 Å². The van der Waals surface area contributed by atoms with Gasteiger partial charge in [-0.3, -0.25) is 10.3 Å². The van der Waals surface area contributed by atoms with Crippen LogP contribution in [0.2, 0.25) is 0 Å². The Morgan fingerprint density at radius 1 is 1.15 bits per heavy atom. The van der Waals surface area contributed by atoms with Gasteiger partial charge in [-0.25, -0.2) is 0 Å². The topological polar surface area (TPSA) is 53.1 Å². The Hall–Kier alpha value is -1.65. The third kappa shape index (κ3) is 3.92. The van der Waals surface area contributed by atoms with Gasteiger partial charge in [-0.1, -0.05) is 52.3 Å². The fraction of sp³-hybridized carbons (Fsp3) is 0.188. The first kappa shape index (κ1) is 14.8. The lowest BCUT2D eigenvalue weighted by molar-refractivity contribution is 0.318. The van der Waals surface area contributed by atoms with Crippen LogP contribution in [0.4, 0.5) is 0 Å². The van der Waals surface area contributed by atoms with Gasteiger partial charge in [0.15, 0.2) is 0 Å². The summed E-state index contributed by atoms with van der Waals surface area (Å²) in [5.41, 5.74) is 8.72. The SMILES string of the molecule is CN(Cc1cccc(C(=N)N)c1)Cc1ccccc1Br. The summed E-state index contributed by atoms with van der Waals surface area (Å²) in [6.45, 7) is 1.69. The second kappa shape index (κ2) is 6.68. The number of nitrogens with zero attached hydrogens (tertiary/aromatic N) is 1. The zero-order valence-corrected chi connectivity index (χ0v) is 13.0. The molecule has 0 amide bonds. The zero-order valence-electron chi connectivity index (χ0n) is 11.4. The minimum absolute atomic E-state index is 0.111. The van der Waals surface area contributed by atoms with Crippen molar-refractivity contribution in [3.05, 3.63) is 69.7 Å². The van der Waals surface area contributed by atoms with E-state index < -0.39 is 0 Å². The molecule has 0 atom stereocenters. The Morgan fingerprint density at radius 3 is 2.60 bits per heavy atom. The Morgan fingerprint density at radius 2 is 1.90 bits per heavy atom. The maximum atomic E-state index is 7.48. The molecule has 2 aromatic rings. The van der Waals surface area contributed by atoms with Crippen LogP contribution in [0, 0.1) is 5.41 Å². The van der Waals surface area contributed by atoms with Crippen LogP contribution < -0.4 is 5.73 Å². The van der Waals surface area contributed by atoms with Crippen molar-refractivity contribution in [2.75, 3.05) is 7.05 Å². The average molecular weight is 332 g/mol. The molecule has 2 rings (SSSR count). The minimum Gasteiger partial charge on any atom is -0.384 e. The van der Waals surface area contributed by atoms with Crippen molar-refractivity contribution in [3.63, 3.8) is 0 Å². The molecular formula is C16H18BrN3. The molecular weight excluding hydrogens is 314 g/mol. The summed E-state index contributed by atoms with van der Waals surface area (Å²) in [4.78, 5) is 2.24. The number of hydrogen-bond acceptors (Lipinski definition) is 2. The summed E-state index contributed by atoms with van der Waals surface area (Å²) in [5, 5.41) is 7.48. The number of nitrogens with one attached hydrogen (secondary N) is 1. The van der Waals surface area contributed by atoms with E-state index >= 15 is 0 Å². The molecule has 20 heavy (non-hydrogen) atoms. The van der Waals surface area contributed by atoms with Crippen LogP contribution in [0.25, 0.3) is 0 Å². The summed E-state index contributed by atoms with van der Waals surface area (Å²) < 4.78 is 1.13. The summed E-state index contributed by atoms with van der Waals surface area (Å²) in [6, 6.07) is 16.1. The third-order valence-electron chi connectivity index (χ3n) is 3.09. The molecule has 0 spiro atoms. The van der Waals surface area contributed by atoms with Crippen molar-refractivity contribution >= 4 is 21.8 Å². The minimum atomic E-state index is 0.111. The van der Waals surface area contributed by atoms with E-state index in [-0.39, 0.29) is 5.84 Å². The molecule has 0 bridgehead atoms. The van der Waals surface area contributed by atoms with Gasteiger partial charge < -0.3 is 5.73 Å². The predicted octanol–water partition coefficient (Wildman–Crippen LogP) is 3.37. The molecule has 104 valence electrons. The highest BCUT2D eigenvalue weighted by molar-refractivity contribution is 9.10. The first-order chi connectivity index (χ1) is 9.56. The van der Waals surface area contributed by atoms with E-state index in [1.165, 1.54) is 5.56 Å². The molecule has 0 aromatic heterocycles. The van der Waals surface area contributed by atoms with E-state index in [2.05, 4.69) is 46.1 Å². The van der Waals surface area contributed by atoms with Crippen LogP contribution in [-0.4, -0.2) is 17.8 Å². The highest BCUT2D eigenvalue weighted by Crippen LogP contribution is 2.18. The van der Waals surface area contributed by atoms with Crippen molar-refractivity contribution in [1.82, 2.24) is 4.90 Å². The van der Waals surface area contributed by atoms with E-state index in [0.717, 1.165) is 28.7 Å². The molecule has 0 aliphatic rings. The number of nitrogen functional groups attached to an aromatic ring is 1. The fourth-order valence-corrected chi connectivity index (χ4v) is 2.53. The maximum Gasteiger partial charge on any atom is 0.122 e. The molecule has 0 saturated heterocycles. The molecule has 0 saturated carbocycles. The van der Waals surface area contributed by atoms with Crippen molar-refractivity contribution in [2.24, 2.45) is 5.73 Å². The van der Waals surface area contributed by atoms with Gasteiger partial charge in [0.05, 0.1) is 0 Å². The number of halogens is 1. The van der Waals surface area contributed by atoms with Crippen LogP contribution in [0.5, 0.6) is 0 Å². The van der Waals surface area contributed by atoms with Gasteiger partial charge in [0.25, 0.3) is 0 Å². The monoisotopic (exact) mass is 331 g/mol. The molecule has 4 heteroatoms. The lowest BCUT2D eigenvalue weighted by Gasteiger charge is -2.18. The molecule has 0 radical (unpaired) electrons. The van der Waals surface area contributed by atoms with Gasteiger partial charge in [-0.05, 0) is 30.3 Å². The van der Waals surface area contributed by atoms with Crippen LogP contribution in [0.15, 0.2) is 53.0 Å². The Bertz CT molecular complexity index is 610. The first-order valence-electron chi connectivity index (χ1n) is 6.41. The quantitative estimate of drug-likeness (QED) is 0.652.